The van der Waals surface area contributed by atoms with Crippen molar-refractivity contribution in [3.8, 4) is 0 Å². The van der Waals surface area contributed by atoms with Gasteiger partial charge in [-0.1, -0.05) is 157 Å². The minimum Gasteiger partial charge on any atom is -0.462 e. The van der Waals surface area contributed by atoms with E-state index in [0.29, 0.717) is 6.42 Å². The Bertz CT molecular complexity index is 817. The van der Waals surface area contributed by atoms with Crippen LogP contribution in [0.5, 0.6) is 0 Å². The number of unbranched alkanes of at least 4 members (excludes halogenated alkanes) is 18. The van der Waals surface area contributed by atoms with Crippen molar-refractivity contribution in [1.29, 1.82) is 0 Å². The summed E-state index contributed by atoms with van der Waals surface area (Å²) >= 11 is 0. The molecule has 7 nitrogen and oxygen atoms in total. The van der Waals surface area contributed by atoms with Crippen molar-refractivity contribution in [2.75, 3.05) is 33.7 Å². The van der Waals surface area contributed by atoms with Gasteiger partial charge in [0.25, 0.3) is 0 Å². The molecule has 308 valence electrons. The average Bonchev–Trinajstić information content (AvgIpc) is 3.09. The first-order valence-corrected chi connectivity index (χ1v) is 22.3. The smallest absolute Gasteiger partial charge is 0.306 e. The highest BCUT2D eigenvalue weighted by atomic mass is 16.5. The second kappa shape index (κ2) is 32.8. The maximum absolute atomic E-state index is 12.9. The largest absolute Gasteiger partial charge is 0.462 e. The molecule has 0 aromatic rings. The molecular formula is C45H89N3O4. The van der Waals surface area contributed by atoms with Crippen molar-refractivity contribution in [1.82, 2.24) is 15.5 Å². The molecule has 2 N–H and O–H groups in total. The van der Waals surface area contributed by atoms with E-state index in [0.717, 1.165) is 103 Å². The van der Waals surface area contributed by atoms with E-state index in [1.807, 2.05) is 14.1 Å². The van der Waals surface area contributed by atoms with E-state index in [1.165, 1.54) is 89.9 Å². The van der Waals surface area contributed by atoms with Crippen LogP contribution < -0.4 is 10.6 Å². The van der Waals surface area contributed by atoms with Gasteiger partial charge >= 0.3 is 5.97 Å². The summed E-state index contributed by atoms with van der Waals surface area (Å²) < 4.78 is 6.01. The highest BCUT2D eigenvalue weighted by Crippen LogP contribution is 2.27. The van der Waals surface area contributed by atoms with Crippen LogP contribution in [0.3, 0.4) is 0 Å². The molecule has 0 radical (unpaired) electrons. The van der Waals surface area contributed by atoms with Gasteiger partial charge in [0.2, 0.25) is 11.8 Å². The van der Waals surface area contributed by atoms with Gasteiger partial charge in [-0.2, -0.15) is 0 Å². The number of hydrogen-bond acceptors (Lipinski definition) is 5. The normalized spacial score (nSPS) is 12.1. The second-order valence-corrected chi connectivity index (χ2v) is 17.4. The van der Waals surface area contributed by atoms with Crippen molar-refractivity contribution in [3.63, 3.8) is 0 Å². The molecule has 0 spiro atoms. The maximum Gasteiger partial charge on any atom is 0.306 e. The number of hydrogen-bond donors (Lipinski definition) is 2. The quantitative estimate of drug-likeness (QED) is 0.0490. The highest BCUT2D eigenvalue weighted by Gasteiger charge is 2.27. The third kappa shape index (κ3) is 29.8. The van der Waals surface area contributed by atoms with E-state index in [4.69, 9.17) is 4.74 Å². The summed E-state index contributed by atoms with van der Waals surface area (Å²) in [5.74, 6) is 0.253. The Hall–Kier alpha value is -1.63. The Morgan fingerprint density at radius 2 is 0.885 bits per heavy atom. The molecule has 2 amide bonds. The van der Waals surface area contributed by atoms with Gasteiger partial charge in [-0.25, -0.2) is 0 Å². The Labute approximate surface area is 323 Å². The number of nitrogens with one attached hydrogen (secondary N) is 2. The minimum atomic E-state index is -0.364. The molecule has 0 aliphatic carbocycles. The molecule has 0 saturated heterocycles. The van der Waals surface area contributed by atoms with Crippen molar-refractivity contribution in [2.45, 2.75) is 227 Å². The third-order valence-electron chi connectivity index (χ3n) is 10.8. The standard InChI is InChI=1S/C45H89N3O4/c1-9-11-13-15-17-19-21-29-37-46-42(50)44(3,4)35-27-23-25-32-40(52-41(49)34-31-39-48(7)8)33-26-24-28-36-45(5,6)43(51)47-38-30-22-20-18-16-14-12-10-2/h40H,9-39H2,1-8H3,(H,46,50)(H,47,51). The molecule has 0 saturated carbocycles. The molecular weight excluding hydrogens is 647 g/mol. The first-order valence-electron chi connectivity index (χ1n) is 22.3. The summed E-state index contributed by atoms with van der Waals surface area (Å²) in [6, 6.07) is 0. The lowest BCUT2D eigenvalue weighted by molar-refractivity contribution is -0.150. The zero-order chi connectivity index (χ0) is 38.9. The van der Waals surface area contributed by atoms with E-state index < -0.39 is 0 Å². The van der Waals surface area contributed by atoms with Crippen LogP contribution in [-0.4, -0.2) is 62.5 Å². The molecule has 0 aromatic carbocycles. The molecule has 0 aromatic heterocycles. The molecule has 0 unspecified atom stereocenters. The van der Waals surface area contributed by atoms with Gasteiger partial charge < -0.3 is 20.3 Å². The number of rotatable bonds is 37. The maximum atomic E-state index is 12.9. The molecule has 7 heteroatoms. The Morgan fingerprint density at radius 1 is 0.519 bits per heavy atom. The molecule has 0 aliphatic heterocycles. The average molecular weight is 736 g/mol. The van der Waals surface area contributed by atoms with Crippen LogP contribution in [0, 0.1) is 10.8 Å². The zero-order valence-electron chi connectivity index (χ0n) is 36.1. The first kappa shape index (κ1) is 50.4. The number of carbonyl (C=O) groups is 3. The van der Waals surface area contributed by atoms with Gasteiger partial charge in [-0.15, -0.1) is 0 Å². The molecule has 0 rings (SSSR count). The van der Waals surface area contributed by atoms with E-state index in [9.17, 15) is 14.4 Å². The first-order chi connectivity index (χ1) is 24.9. The summed E-state index contributed by atoms with van der Waals surface area (Å²) in [6.07, 6.45) is 31.1. The zero-order valence-corrected chi connectivity index (χ0v) is 36.1. The van der Waals surface area contributed by atoms with E-state index in [2.05, 4.69) is 57.1 Å². The van der Waals surface area contributed by atoms with E-state index in [-0.39, 0.29) is 34.7 Å². The third-order valence-corrected chi connectivity index (χ3v) is 10.8. The minimum absolute atomic E-state index is 0.0576. The lowest BCUT2D eigenvalue weighted by Crippen LogP contribution is -2.37. The van der Waals surface area contributed by atoms with Gasteiger partial charge in [-0.05, 0) is 78.4 Å². The van der Waals surface area contributed by atoms with Crippen LogP contribution in [0.1, 0.15) is 221 Å². The van der Waals surface area contributed by atoms with Crippen molar-refractivity contribution in [3.05, 3.63) is 0 Å². The Morgan fingerprint density at radius 3 is 1.27 bits per heavy atom. The van der Waals surface area contributed by atoms with Gasteiger partial charge in [0, 0.05) is 30.3 Å². The van der Waals surface area contributed by atoms with Gasteiger partial charge in [0.15, 0.2) is 0 Å². The van der Waals surface area contributed by atoms with Gasteiger partial charge in [0.05, 0.1) is 0 Å². The molecule has 0 bridgehead atoms. The lowest BCUT2D eigenvalue weighted by atomic mass is 9.85. The second-order valence-electron chi connectivity index (χ2n) is 17.4. The van der Waals surface area contributed by atoms with Crippen molar-refractivity contribution < 1.29 is 19.1 Å². The number of ether oxygens (including phenoxy) is 1. The van der Waals surface area contributed by atoms with Gasteiger partial charge in [0.1, 0.15) is 6.10 Å². The predicted molar refractivity (Wildman–Crippen MR) is 223 cm³/mol. The number of amides is 2. The summed E-state index contributed by atoms with van der Waals surface area (Å²) in [7, 11) is 4.05. The molecule has 0 heterocycles. The van der Waals surface area contributed by atoms with E-state index >= 15 is 0 Å². The van der Waals surface area contributed by atoms with Crippen LogP contribution in [0.4, 0.5) is 0 Å². The van der Waals surface area contributed by atoms with E-state index in [1.54, 1.807) is 0 Å². The van der Waals surface area contributed by atoms with Crippen LogP contribution >= 0.6 is 0 Å². The Balaban J connectivity index is 4.48. The SMILES string of the molecule is CCCCCCCCCCNC(=O)C(C)(C)CCCCCC(CCCCCC(C)(C)C(=O)NCCCCCCCCCC)OC(=O)CCCN(C)C. The molecule has 52 heavy (non-hydrogen) atoms. The fourth-order valence-electron chi connectivity index (χ4n) is 6.91. The van der Waals surface area contributed by atoms with Crippen LogP contribution in [0.2, 0.25) is 0 Å². The van der Waals surface area contributed by atoms with Crippen molar-refractivity contribution >= 4 is 17.8 Å². The topological polar surface area (TPSA) is 87.7 Å². The van der Waals surface area contributed by atoms with Crippen molar-refractivity contribution in [2.24, 2.45) is 10.8 Å². The number of nitrogens with zero attached hydrogens (tertiary/aromatic N) is 1. The summed E-state index contributed by atoms with van der Waals surface area (Å²) in [5.41, 5.74) is -0.729. The fourth-order valence-corrected chi connectivity index (χ4v) is 6.91. The fraction of sp³-hybridized carbons (Fsp3) is 0.933. The predicted octanol–water partition coefficient (Wildman–Crippen LogP) is 11.7. The number of carbonyl (C=O) groups excluding carboxylic acids is 3. The lowest BCUT2D eigenvalue weighted by Gasteiger charge is -2.24. The van der Waals surface area contributed by atoms with Crippen LogP contribution in [-0.2, 0) is 19.1 Å². The molecule has 0 aliphatic rings. The summed E-state index contributed by atoms with van der Waals surface area (Å²) in [5, 5.41) is 6.38. The Kier molecular flexibility index (Phi) is 31.7. The van der Waals surface area contributed by atoms with Crippen LogP contribution in [0.15, 0.2) is 0 Å². The monoisotopic (exact) mass is 736 g/mol. The van der Waals surface area contributed by atoms with Crippen LogP contribution in [0.25, 0.3) is 0 Å². The van der Waals surface area contributed by atoms with Gasteiger partial charge in [-0.3, -0.25) is 14.4 Å². The summed E-state index contributed by atoms with van der Waals surface area (Å²) in [4.78, 5) is 40.6. The summed E-state index contributed by atoms with van der Waals surface area (Å²) in [6.45, 7) is 15.2. The number of esters is 1. The molecule has 0 fully saturated rings. The molecule has 0 atom stereocenters. The highest BCUT2D eigenvalue weighted by molar-refractivity contribution is 5.82.